The van der Waals surface area contributed by atoms with Gasteiger partial charge < -0.3 is 4.74 Å². The Morgan fingerprint density at radius 1 is 1.35 bits per heavy atom. The molecule has 96 valence electrons. The van der Waals surface area contributed by atoms with E-state index in [0.717, 1.165) is 12.1 Å². The van der Waals surface area contributed by atoms with Crippen molar-refractivity contribution >= 4 is 19.7 Å². The van der Waals surface area contributed by atoms with Crippen molar-refractivity contribution in [3.05, 3.63) is 29.3 Å². The van der Waals surface area contributed by atoms with Crippen LogP contribution >= 0.6 is 10.7 Å². The fourth-order valence-corrected chi connectivity index (χ4v) is 2.23. The minimum absolute atomic E-state index is 0.00644. The first kappa shape index (κ1) is 14.1. The lowest BCUT2D eigenvalue weighted by atomic mass is 10.1. The number of halogens is 4. The summed E-state index contributed by atoms with van der Waals surface area (Å²) in [5, 5.41) is 0. The van der Waals surface area contributed by atoms with Crippen LogP contribution in [0.4, 0.5) is 13.2 Å². The summed E-state index contributed by atoms with van der Waals surface area (Å²) in [6.07, 6.45) is -4.66. The molecule has 0 unspecified atom stereocenters. The van der Waals surface area contributed by atoms with Crippen molar-refractivity contribution in [1.82, 2.24) is 0 Å². The van der Waals surface area contributed by atoms with Crippen molar-refractivity contribution in [3.63, 3.8) is 0 Å². The van der Waals surface area contributed by atoms with Crippen LogP contribution in [-0.4, -0.2) is 15.5 Å². The third kappa shape index (κ3) is 4.08. The molecule has 0 saturated heterocycles. The van der Waals surface area contributed by atoms with Crippen molar-refractivity contribution in [2.45, 2.75) is 11.9 Å². The average molecular weight is 289 g/mol. The minimum atomic E-state index is -4.66. The maximum atomic E-state index is 12.6. The number of ether oxygens (including phenoxy) is 1. The van der Waals surface area contributed by atoms with Crippen LogP contribution in [0.5, 0.6) is 5.75 Å². The fourth-order valence-electron chi connectivity index (χ4n) is 1.26. The second-order valence-electron chi connectivity index (χ2n) is 3.20. The molecule has 17 heavy (non-hydrogen) atoms. The molecule has 1 aromatic rings. The Hall–Kier alpha value is -0.950. The van der Waals surface area contributed by atoms with Gasteiger partial charge in [-0.2, -0.15) is 13.2 Å². The van der Waals surface area contributed by atoms with Crippen molar-refractivity contribution in [2.75, 3.05) is 7.11 Å². The van der Waals surface area contributed by atoms with Gasteiger partial charge in [-0.15, -0.1) is 0 Å². The van der Waals surface area contributed by atoms with Crippen LogP contribution in [0, 0.1) is 0 Å². The molecule has 0 fully saturated rings. The van der Waals surface area contributed by atoms with Crippen LogP contribution in [0.1, 0.15) is 11.1 Å². The van der Waals surface area contributed by atoms with Gasteiger partial charge in [0.15, 0.2) is 0 Å². The van der Waals surface area contributed by atoms with Gasteiger partial charge in [0.1, 0.15) is 5.75 Å². The van der Waals surface area contributed by atoms with E-state index in [4.69, 9.17) is 10.7 Å². The second kappa shape index (κ2) is 4.73. The Morgan fingerprint density at radius 3 is 2.35 bits per heavy atom. The Morgan fingerprint density at radius 2 is 1.94 bits per heavy atom. The van der Waals surface area contributed by atoms with Gasteiger partial charge in [-0.05, 0) is 17.7 Å². The third-order valence-electron chi connectivity index (χ3n) is 1.95. The summed E-state index contributed by atoms with van der Waals surface area (Å²) >= 11 is 0. The number of benzene rings is 1. The van der Waals surface area contributed by atoms with Gasteiger partial charge in [-0.3, -0.25) is 0 Å². The Labute approximate surface area is 101 Å². The molecule has 0 aliphatic carbocycles. The van der Waals surface area contributed by atoms with E-state index in [1.165, 1.54) is 13.2 Å². The first-order valence-corrected chi connectivity index (χ1v) is 6.78. The van der Waals surface area contributed by atoms with E-state index in [1.807, 2.05) is 0 Å². The van der Waals surface area contributed by atoms with E-state index in [0.29, 0.717) is 0 Å². The van der Waals surface area contributed by atoms with Crippen LogP contribution in [0.2, 0.25) is 0 Å². The first-order valence-electron chi connectivity index (χ1n) is 4.30. The molecule has 0 atom stereocenters. The molecule has 0 N–H and O–H groups in total. The predicted molar refractivity (Wildman–Crippen MR) is 56.5 cm³/mol. The highest BCUT2D eigenvalue weighted by atomic mass is 35.7. The monoisotopic (exact) mass is 288 g/mol. The van der Waals surface area contributed by atoms with Crippen molar-refractivity contribution < 1.29 is 26.3 Å². The second-order valence-corrected chi connectivity index (χ2v) is 5.98. The molecule has 3 nitrogen and oxygen atoms in total. The molecule has 0 heterocycles. The van der Waals surface area contributed by atoms with E-state index in [-0.39, 0.29) is 5.75 Å². The van der Waals surface area contributed by atoms with Gasteiger partial charge in [-0.25, -0.2) is 8.42 Å². The van der Waals surface area contributed by atoms with Crippen LogP contribution in [0.15, 0.2) is 18.2 Å². The zero-order chi connectivity index (χ0) is 13.3. The SMILES string of the molecule is COc1ccc(CS(=O)(=O)Cl)c(C(F)(F)F)c1. The van der Waals surface area contributed by atoms with E-state index in [9.17, 15) is 21.6 Å². The number of alkyl halides is 3. The molecular weight excluding hydrogens is 281 g/mol. The number of hydrogen-bond acceptors (Lipinski definition) is 3. The zero-order valence-electron chi connectivity index (χ0n) is 8.58. The summed E-state index contributed by atoms with van der Waals surface area (Å²) in [6, 6.07) is 3.01. The van der Waals surface area contributed by atoms with Crippen LogP contribution in [-0.2, 0) is 21.0 Å². The molecule has 1 aromatic carbocycles. The van der Waals surface area contributed by atoms with Crippen LogP contribution in [0.3, 0.4) is 0 Å². The smallest absolute Gasteiger partial charge is 0.416 e. The molecular formula is C9H8ClF3O3S. The molecule has 0 amide bonds. The Kier molecular flexibility index (Phi) is 3.93. The molecule has 8 heteroatoms. The van der Waals surface area contributed by atoms with Gasteiger partial charge >= 0.3 is 6.18 Å². The average Bonchev–Trinajstić information content (AvgIpc) is 2.14. The largest absolute Gasteiger partial charge is 0.497 e. The molecule has 0 aromatic heterocycles. The summed E-state index contributed by atoms with van der Waals surface area (Å²) in [6.45, 7) is 0. The first-order chi connectivity index (χ1) is 7.63. The van der Waals surface area contributed by atoms with Gasteiger partial charge in [-0.1, -0.05) is 6.07 Å². The lowest BCUT2D eigenvalue weighted by molar-refractivity contribution is -0.138. The normalized spacial score (nSPS) is 12.5. The molecule has 0 aliphatic heterocycles. The van der Waals surface area contributed by atoms with E-state index in [2.05, 4.69) is 4.74 Å². The summed E-state index contributed by atoms with van der Waals surface area (Å²) in [5.74, 6) is -0.888. The van der Waals surface area contributed by atoms with E-state index in [1.54, 1.807) is 0 Å². The predicted octanol–water partition coefficient (Wildman–Crippen LogP) is 2.78. The van der Waals surface area contributed by atoms with Crippen molar-refractivity contribution in [2.24, 2.45) is 0 Å². The van der Waals surface area contributed by atoms with Crippen LogP contribution < -0.4 is 4.74 Å². The zero-order valence-corrected chi connectivity index (χ0v) is 10.2. The lowest BCUT2D eigenvalue weighted by Gasteiger charge is -2.13. The van der Waals surface area contributed by atoms with Gasteiger partial charge in [0.25, 0.3) is 0 Å². The van der Waals surface area contributed by atoms with Gasteiger partial charge in [0.2, 0.25) is 9.05 Å². The molecule has 0 bridgehead atoms. The minimum Gasteiger partial charge on any atom is -0.497 e. The fraction of sp³-hybridized carbons (Fsp3) is 0.333. The van der Waals surface area contributed by atoms with E-state index < -0.39 is 32.1 Å². The molecule has 0 saturated carbocycles. The number of rotatable bonds is 3. The maximum absolute atomic E-state index is 12.6. The number of hydrogen-bond donors (Lipinski definition) is 0. The topological polar surface area (TPSA) is 43.4 Å². The summed E-state index contributed by atoms with van der Waals surface area (Å²) in [4.78, 5) is 0. The highest BCUT2D eigenvalue weighted by molar-refractivity contribution is 8.13. The molecule has 0 spiro atoms. The Bertz CT molecular complexity index is 511. The Balaban J connectivity index is 3.30. The lowest BCUT2D eigenvalue weighted by Crippen LogP contribution is -2.11. The summed E-state index contributed by atoms with van der Waals surface area (Å²) < 4.78 is 64.2. The van der Waals surface area contributed by atoms with Gasteiger partial charge in [0, 0.05) is 10.7 Å². The highest BCUT2D eigenvalue weighted by Crippen LogP contribution is 2.35. The third-order valence-corrected chi connectivity index (χ3v) is 2.93. The van der Waals surface area contributed by atoms with E-state index >= 15 is 0 Å². The summed E-state index contributed by atoms with van der Waals surface area (Å²) in [7, 11) is 2.10. The number of methoxy groups -OCH3 is 1. The quantitative estimate of drug-likeness (QED) is 0.803. The highest BCUT2D eigenvalue weighted by Gasteiger charge is 2.34. The molecule has 0 aliphatic rings. The summed E-state index contributed by atoms with van der Waals surface area (Å²) in [5.41, 5.74) is -1.48. The van der Waals surface area contributed by atoms with Crippen LogP contribution in [0.25, 0.3) is 0 Å². The standard InChI is InChI=1S/C9H8ClF3O3S/c1-16-7-3-2-6(5-17(10,14)15)8(4-7)9(11,12)13/h2-4H,5H2,1H3. The molecule has 0 radical (unpaired) electrons. The van der Waals surface area contributed by atoms with Gasteiger partial charge in [0.05, 0.1) is 18.4 Å². The molecule has 1 rings (SSSR count). The maximum Gasteiger partial charge on any atom is 0.416 e. The van der Waals surface area contributed by atoms with Crippen molar-refractivity contribution in [1.29, 1.82) is 0 Å². The van der Waals surface area contributed by atoms with Crippen molar-refractivity contribution in [3.8, 4) is 5.75 Å².